The maximum absolute atomic E-state index is 9.39. The molecule has 0 saturated carbocycles. The van der Waals surface area contributed by atoms with Crippen molar-refractivity contribution in [3.8, 4) is 0 Å². The monoisotopic (exact) mass is 200 g/mol. The zero-order valence-electron chi connectivity index (χ0n) is 8.64. The van der Waals surface area contributed by atoms with E-state index in [2.05, 4.69) is 0 Å². The second kappa shape index (κ2) is 4.05. The van der Waals surface area contributed by atoms with Crippen LogP contribution in [0.15, 0.2) is 36.4 Å². The third-order valence-corrected chi connectivity index (χ3v) is 2.70. The first kappa shape index (κ1) is 10.2. The zero-order chi connectivity index (χ0) is 10.8. The largest absolute Gasteiger partial charge is 0.489 e. The zero-order valence-corrected chi connectivity index (χ0v) is 8.64. The van der Waals surface area contributed by atoms with E-state index in [1.807, 2.05) is 43.3 Å². The van der Waals surface area contributed by atoms with Crippen molar-refractivity contribution < 1.29 is 10.0 Å². The highest BCUT2D eigenvalue weighted by Gasteiger charge is 2.17. The first-order valence-electron chi connectivity index (χ1n) is 5.10. The topological polar surface area (TPSA) is 40.5 Å². The van der Waals surface area contributed by atoms with E-state index < -0.39 is 7.12 Å². The van der Waals surface area contributed by atoms with Gasteiger partial charge in [-0.05, 0) is 28.2 Å². The van der Waals surface area contributed by atoms with E-state index in [0.29, 0.717) is 5.46 Å². The Morgan fingerprint density at radius 1 is 1.07 bits per heavy atom. The molecule has 76 valence electrons. The summed E-state index contributed by atoms with van der Waals surface area (Å²) >= 11 is 0. The molecule has 0 saturated heterocycles. The molecule has 2 aromatic carbocycles. The van der Waals surface area contributed by atoms with Gasteiger partial charge in [0, 0.05) is 0 Å². The van der Waals surface area contributed by atoms with Gasteiger partial charge >= 0.3 is 7.12 Å². The standard InChI is InChI=1S/C12H13BO2/c1-2-9-7-8-10-5-3-4-6-11(10)12(9)13(14)15/h3-8,14-15H,2H2,1H3. The summed E-state index contributed by atoms with van der Waals surface area (Å²) in [5.74, 6) is 0. The third-order valence-electron chi connectivity index (χ3n) is 2.70. The van der Waals surface area contributed by atoms with E-state index in [9.17, 15) is 10.0 Å². The number of rotatable bonds is 2. The van der Waals surface area contributed by atoms with Crippen LogP contribution >= 0.6 is 0 Å². The Kier molecular flexibility index (Phi) is 2.76. The highest BCUT2D eigenvalue weighted by molar-refractivity contribution is 6.62. The van der Waals surface area contributed by atoms with Crippen LogP contribution < -0.4 is 5.46 Å². The molecule has 15 heavy (non-hydrogen) atoms. The van der Waals surface area contributed by atoms with Gasteiger partial charge in [0.05, 0.1) is 0 Å². The van der Waals surface area contributed by atoms with Crippen LogP contribution in [0.1, 0.15) is 12.5 Å². The van der Waals surface area contributed by atoms with Crippen LogP contribution in [0.25, 0.3) is 10.8 Å². The SMILES string of the molecule is CCc1ccc2ccccc2c1B(O)O. The predicted molar refractivity (Wildman–Crippen MR) is 63.2 cm³/mol. The fraction of sp³-hybridized carbons (Fsp3) is 0.167. The summed E-state index contributed by atoms with van der Waals surface area (Å²) in [6.45, 7) is 2.01. The van der Waals surface area contributed by atoms with Gasteiger partial charge in [-0.1, -0.05) is 43.3 Å². The van der Waals surface area contributed by atoms with Crippen molar-refractivity contribution in [1.82, 2.24) is 0 Å². The molecule has 2 nitrogen and oxygen atoms in total. The lowest BCUT2D eigenvalue weighted by atomic mass is 9.73. The lowest BCUT2D eigenvalue weighted by Gasteiger charge is -2.10. The number of aryl methyl sites for hydroxylation is 1. The number of fused-ring (bicyclic) bond motifs is 1. The van der Waals surface area contributed by atoms with E-state index >= 15 is 0 Å². The lowest BCUT2D eigenvalue weighted by molar-refractivity contribution is 0.426. The van der Waals surface area contributed by atoms with Crippen molar-refractivity contribution in [2.75, 3.05) is 0 Å². The Morgan fingerprint density at radius 2 is 1.80 bits per heavy atom. The molecule has 0 aromatic heterocycles. The smallest absolute Gasteiger partial charge is 0.423 e. The van der Waals surface area contributed by atoms with Crippen LogP contribution in [-0.2, 0) is 6.42 Å². The van der Waals surface area contributed by atoms with E-state index in [-0.39, 0.29) is 0 Å². The molecular formula is C12H13BO2. The third kappa shape index (κ3) is 1.76. The Labute approximate surface area is 89.3 Å². The summed E-state index contributed by atoms with van der Waals surface area (Å²) in [6, 6.07) is 11.7. The Bertz CT molecular complexity index is 480. The number of hydrogen-bond donors (Lipinski definition) is 2. The van der Waals surface area contributed by atoms with Gasteiger partial charge in [-0.2, -0.15) is 0 Å². The molecule has 0 fully saturated rings. The quantitative estimate of drug-likeness (QED) is 0.712. The maximum atomic E-state index is 9.39. The molecule has 0 aliphatic rings. The molecule has 2 rings (SSSR count). The van der Waals surface area contributed by atoms with Gasteiger partial charge in [-0.15, -0.1) is 0 Å². The van der Waals surface area contributed by atoms with Gasteiger partial charge in [0.2, 0.25) is 0 Å². The summed E-state index contributed by atoms with van der Waals surface area (Å²) < 4.78 is 0. The van der Waals surface area contributed by atoms with Crippen LogP contribution in [-0.4, -0.2) is 17.2 Å². The van der Waals surface area contributed by atoms with Gasteiger partial charge in [-0.3, -0.25) is 0 Å². The van der Waals surface area contributed by atoms with Gasteiger partial charge in [0.1, 0.15) is 0 Å². The molecule has 0 atom stereocenters. The van der Waals surface area contributed by atoms with Crippen molar-refractivity contribution >= 4 is 23.4 Å². The summed E-state index contributed by atoms with van der Waals surface area (Å²) in [7, 11) is -1.40. The van der Waals surface area contributed by atoms with Crippen molar-refractivity contribution in [2.24, 2.45) is 0 Å². The number of hydrogen-bond acceptors (Lipinski definition) is 2. The molecule has 0 aliphatic heterocycles. The van der Waals surface area contributed by atoms with Crippen LogP contribution in [0.4, 0.5) is 0 Å². The minimum absolute atomic E-state index is 0.635. The minimum Gasteiger partial charge on any atom is -0.423 e. The molecule has 0 heterocycles. The fourth-order valence-corrected chi connectivity index (χ4v) is 1.95. The lowest BCUT2D eigenvalue weighted by Crippen LogP contribution is -2.33. The molecule has 2 aromatic rings. The Morgan fingerprint density at radius 3 is 2.47 bits per heavy atom. The molecular weight excluding hydrogens is 187 g/mol. The summed E-state index contributed by atoms with van der Waals surface area (Å²) in [5, 5.41) is 20.7. The molecule has 0 amide bonds. The van der Waals surface area contributed by atoms with Gasteiger partial charge < -0.3 is 10.0 Å². The van der Waals surface area contributed by atoms with Crippen LogP contribution in [0, 0.1) is 0 Å². The first-order valence-corrected chi connectivity index (χ1v) is 5.10. The molecule has 0 radical (unpaired) electrons. The van der Waals surface area contributed by atoms with E-state index in [0.717, 1.165) is 22.8 Å². The van der Waals surface area contributed by atoms with Crippen LogP contribution in [0.5, 0.6) is 0 Å². The minimum atomic E-state index is -1.40. The van der Waals surface area contributed by atoms with E-state index in [1.165, 1.54) is 0 Å². The average Bonchev–Trinajstić information content (AvgIpc) is 2.27. The van der Waals surface area contributed by atoms with Crippen molar-refractivity contribution in [3.05, 3.63) is 42.0 Å². The summed E-state index contributed by atoms with van der Waals surface area (Å²) in [6.07, 6.45) is 0.803. The molecule has 2 N–H and O–H groups in total. The van der Waals surface area contributed by atoms with Crippen molar-refractivity contribution in [2.45, 2.75) is 13.3 Å². The second-order valence-corrected chi connectivity index (χ2v) is 3.59. The Balaban J connectivity index is 2.79. The molecule has 0 aliphatic carbocycles. The highest BCUT2D eigenvalue weighted by Crippen LogP contribution is 2.14. The molecule has 0 spiro atoms. The molecule has 0 bridgehead atoms. The summed E-state index contributed by atoms with van der Waals surface area (Å²) in [5.41, 5.74) is 1.62. The van der Waals surface area contributed by atoms with Crippen molar-refractivity contribution in [3.63, 3.8) is 0 Å². The van der Waals surface area contributed by atoms with Gasteiger partial charge in [0.15, 0.2) is 0 Å². The van der Waals surface area contributed by atoms with Crippen LogP contribution in [0.3, 0.4) is 0 Å². The predicted octanol–water partition coefficient (Wildman–Crippen LogP) is 1.08. The Hall–Kier alpha value is -1.32. The highest BCUT2D eigenvalue weighted by atomic mass is 16.4. The molecule has 0 unspecified atom stereocenters. The average molecular weight is 200 g/mol. The first-order chi connectivity index (χ1) is 7.24. The van der Waals surface area contributed by atoms with Gasteiger partial charge in [-0.25, -0.2) is 0 Å². The van der Waals surface area contributed by atoms with Gasteiger partial charge in [0.25, 0.3) is 0 Å². The number of benzene rings is 2. The van der Waals surface area contributed by atoms with E-state index in [1.54, 1.807) is 0 Å². The molecule has 3 heteroatoms. The van der Waals surface area contributed by atoms with Crippen molar-refractivity contribution in [1.29, 1.82) is 0 Å². The second-order valence-electron chi connectivity index (χ2n) is 3.59. The van der Waals surface area contributed by atoms with E-state index in [4.69, 9.17) is 0 Å². The summed E-state index contributed by atoms with van der Waals surface area (Å²) in [4.78, 5) is 0. The van der Waals surface area contributed by atoms with Crippen LogP contribution in [0.2, 0.25) is 0 Å². The normalized spacial score (nSPS) is 10.6. The fourth-order valence-electron chi connectivity index (χ4n) is 1.95. The maximum Gasteiger partial charge on any atom is 0.489 e.